The topological polar surface area (TPSA) is 91.4 Å². The van der Waals surface area contributed by atoms with Gasteiger partial charge in [0, 0.05) is 17.1 Å². The maximum Gasteiger partial charge on any atom is 0.324 e. The van der Waals surface area contributed by atoms with Crippen molar-refractivity contribution in [1.82, 2.24) is 15.2 Å². The first-order chi connectivity index (χ1) is 13.1. The number of pyridine rings is 1. The summed E-state index contributed by atoms with van der Waals surface area (Å²) in [6, 6.07) is 15.7. The molecular weight excluding hydrogens is 344 g/mol. The van der Waals surface area contributed by atoms with Gasteiger partial charge in [-0.05, 0) is 42.0 Å². The van der Waals surface area contributed by atoms with Crippen molar-refractivity contribution in [1.29, 1.82) is 0 Å². The summed E-state index contributed by atoms with van der Waals surface area (Å²) < 4.78 is 0. The molecule has 0 bridgehead atoms. The van der Waals surface area contributed by atoms with Crippen LogP contribution in [-0.4, -0.2) is 34.3 Å². The van der Waals surface area contributed by atoms with Crippen molar-refractivity contribution < 1.29 is 14.4 Å². The first kappa shape index (κ1) is 16.7. The molecule has 2 aromatic carbocycles. The average molecular weight is 360 g/mol. The van der Waals surface area contributed by atoms with Gasteiger partial charge < -0.3 is 10.6 Å². The molecule has 1 saturated heterocycles. The van der Waals surface area contributed by atoms with E-state index in [2.05, 4.69) is 15.6 Å². The van der Waals surface area contributed by atoms with Crippen LogP contribution >= 0.6 is 0 Å². The van der Waals surface area contributed by atoms with Crippen LogP contribution in [0.4, 0.5) is 10.5 Å². The van der Waals surface area contributed by atoms with Crippen molar-refractivity contribution in [2.45, 2.75) is 6.54 Å². The molecule has 4 rings (SSSR count). The summed E-state index contributed by atoms with van der Waals surface area (Å²) in [6.07, 6.45) is 1.70. The van der Waals surface area contributed by atoms with Crippen LogP contribution in [0.1, 0.15) is 15.9 Å². The highest BCUT2D eigenvalue weighted by Crippen LogP contribution is 2.22. The summed E-state index contributed by atoms with van der Waals surface area (Å²) in [4.78, 5) is 41.5. The third kappa shape index (κ3) is 3.35. The monoisotopic (exact) mass is 360 g/mol. The molecule has 1 aliphatic rings. The van der Waals surface area contributed by atoms with Gasteiger partial charge in [0.25, 0.3) is 5.91 Å². The number of urea groups is 1. The Morgan fingerprint density at radius 1 is 1.11 bits per heavy atom. The van der Waals surface area contributed by atoms with E-state index in [9.17, 15) is 14.4 Å². The minimum Gasteiger partial charge on any atom is -0.329 e. The number of aromatic nitrogens is 1. The fraction of sp³-hybridized carbons (Fsp3) is 0.100. The van der Waals surface area contributed by atoms with Gasteiger partial charge in [-0.3, -0.25) is 19.5 Å². The third-order valence-electron chi connectivity index (χ3n) is 4.36. The number of imide groups is 1. The van der Waals surface area contributed by atoms with E-state index < -0.39 is 6.03 Å². The Balaban J connectivity index is 1.55. The lowest BCUT2D eigenvalue weighted by atomic mass is 10.1. The molecule has 0 atom stereocenters. The second-order valence-corrected chi connectivity index (χ2v) is 6.17. The van der Waals surface area contributed by atoms with Gasteiger partial charge in [-0.25, -0.2) is 4.79 Å². The number of nitrogens with one attached hydrogen (secondary N) is 2. The van der Waals surface area contributed by atoms with Gasteiger partial charge in [0.1, 0.15) is 0 Å². The number of amides is 4. The SMILES string of the molecule is O=C(Nc1cccc2ncccc12)c1cccc(CN2C(=O)CNC2=O)c1. The van der Waals surface area contributed by atoms with Crippen LogP contribution in [0, 0.1) is 0 Å². The number of anilines is 1. The molecule has 7 heteroatoms. The summed E-state index contributed by atoms with van der Waals surface area (Å²) in [5, 5.41) is 6.23. The minimum absolute atomic E-state index is 0.00806. The molecule has 0 saturated carbocycles. The Morgan fingerprint density at radius 2 is 1.96 bits per heavy atom. The summed E-state index contributed by atoms with van der Waals surface area (Å²) in [7, 11) is 0. The fourth-order valence-corrected chi connectivity index (χ4v) is 3.02. The first-order valence-corrected chi connectivity index (χ1v) is 8.44. The van der Waals surface area contributed by atoms with E-state index in [0.717, 1.165) is 15.8 Å². The van der Waals surface area contributed by atoms with Crippen LogP contribution in [0.2, 0.25) is 0 Å². The highest BCUT2D eigenvalue weighted by Gasteiger charge is 2.28. The average Bonchev–Trinajstić information content (AvgIpc) is 3.00. The second kappa shape index (κ2) is 6.87. The quantitative estimate of drug-likeness (QED) is 0.700. The van der Waals surface area contributed by atoms with Crippen molar-refractivity contribution in [3.05, 3.63) is 71.9 Å². The number of carbonyl (C=O) groups is 3. The van der Waals surface area contributed by atoms with Gasteiger partial charge in [-0.15, -0.1) is 0 Å². The smallest absolute Gasteiger partial charge is 0.324 e. The normalized spacial score (nSPS) is 13.7. The predicted molar refractivity (Wildman–Crippen MR) is 100 cm³/mol. The molecule has 7 nitrogen and oxygen atoms in total. The highest BCUT2D eigenvalue weighted by atomic mass is 16.2. The molecule has 1 fully saturated rings. The van der Waals surface area contributed by atoms with Gasteiger partial charge in [0.05, 0.1) is 24.3 Å². The number of rotatable bonds is 4. The van der Waals surface area contributed by atoms with Gasteiger partial charge in [0.15, 0.2) is 0 Å². The molecular formula is C20H16N4O3. The Labute approximate surface area is 155 Å². The second-order valence-electron chi connectivity index (χ2n) is 6.17. The summed E-state index contributed by atoms with van der Waals surface area (Å²) in [5.74, 6) is -0.552. The fourth-order valence-electron chi connectivity index (χ4n) is 3.02. The van der Waals surface area contributed by atoms with E-state index >= 15 is 0 Å². The Bertz CT molecular complexity index is 1040. The number of hydrogen-bond acceptors (Lipinski definition) is 4. The van der Waals surface area contributed by atoms with Crippen LogP contribution in [0.3, 0.4) is 0 Å². The maximum atomic E-state index is 12.7. The van der Waals surface area contributed by atoms with Gasteiger partial charge in [0.2, 0.25) is 5.91 Å². The molecule has 3 aromatic rings. The number of nitrogens with zero attached hydrogens (tertiary/aromatic N) is 2. The van der Waals surface area contributed by atoms with Crippen LogP contribution in [0.5, 0.6) is 0 Å². The van der Waals surface area contributed by atoms with E-state index in [1.165, 1.54) is 0 Å². The number of carbonyl (C=O) groups excluding carboxylic acids is 3. The molecule has 4 amide bonds. The van der Waals surface area contributed by atoms with Crippen molar-refractivity contribution >= 4 is 34.4 Å². The van der Waals surface area contributed by atoms with Crippen molar-refractivity contribution in [2.24, 2.45) is 0 Å². The molecule has 2 heterocycles. The Hall–Kier alpha value is -3.74. The number of benzene rings is 2. The standard InChI is InChI=1S/C20H16N4O3/c25-18-11-22-20(27)24(18)12-13-4-1-5-14(10-13)19(26)23-17-8-2-7-16-15(17)6-3-9-21-16/h1-10H,11-12H2,(H,22,27)(H,23,26). The molecule has 27 heavy (non-hydrogen) atoms. The zero-order chi connectivity index (χ0) is 18.8. The van der Waals surface area contributed by atoms with E-state index in [1.807, 2.05) is 30.3 Å². The molecule has 0 spiro atoms. The molecule has 0 radical (unpaired) electrons. The van der Waals surface area contributed by atoms with Gasteiger partial charge in [-0.2, -0.15) is 0 Å². The van der Waals surface area contributed by atoms with Crippen LogP contribution < -0.4 is 10.6 Å². The van der Waals surface area contributed by atoms with E-state index in [-0.39, 0.29) is 24.9 Å². The van der Waals surface area contributed by atoms with E-state index in [0.29, 0.717) is 16.8 Å². The van der Waals surface area contributed by atoms with Crippen LogP contribution in [0.25, 0.3) is 10.9 Å². The van der Waals surface area contributed by atoms with Crippen molar-refractivity contribution in [3.8, 4) is 0 Å². The van der Waals surface area contributed by atoms with Crippen molar-refractivity contribution in [3.63, 3.8) is 0 Å². The molecule has 2 N–H and O–H groups in total. The first-order valence-electron chi connectivity index (χ1n) is 8.44. The Kier molecular flexibility index (Phi) is 4.25. The van der Waals surface area contributed by atoms with Crippen LogP contribution in [0.15, 0.2) is 60.8 Å². The van der Waals surface area contributed by atoms with E-state index in [1.54, 1.807) is 30.5 Å². The molecule has 134 valence electrons. The maximum absolute atomic E-state index is 12.7. The molecule has 0 aliphatic carbocycles. The lowest BCUT2D eigenvalue weighted by Crippen LogP contribution is -2.30. The zero-order valence-electron chi connectivity index (χ0n) is 14.3. The molecule has 1 aliphatic heterocycles. The van der Waals surface area contributed by atoms with E-state index in [4.69, 9.17) is 0 Å². The zero-order valence-corrected chi connectivity index (χ0v) is 14.3. The highest BCUT2D eigenvalue weighted by molar-refractivity contribution is 6.08. The Morgan fingerprint density at radius 3 is 2.78 bits per heavy atom. The summed E-state index contributed by atoms with van der Waals surface area (Å²) in [6.45, 7) is 0.137. The minimum atomic E-state index is -0.418. The van der Waals surface area contributed by atoms with Gasteiger partial charge in [-0.1, -0.05) is 18.2 Å². The summed E-state index contributed by atoms with van der Waals surface area (Å²) >= 11 is 0. The van der Waals surface area contributed by atoms with Crippen LogP contribution in [-0.2, 0) is 11.3 Å². The summed E-state index contributed by atoms with van der Waals surface area (Å²) in [5.41, 5.74) is 2.61. The largest absolute Gasteiger partial charge is 0.329 e. The predicted octanol–water partition coefficient (Wildman–Crippen LogP) is 2.54. The lowest BCUT2D eigenvalue weighted by Gasteiger charge is -2.13. The number of hydrogen-bond donors (Lipinski definition) is 2. The lowest BCUT2D eigenvalue weighted by molar-refractivity contribution is -0.125. The van der Waals surface area contributed by atoms with Gasteiger partial charge >= 0.3 is 6.03 Å². The van der Waals surface area contributed by atoms with Crippen molar-refractivity contribution in [2.75, 3.05) is 11.9 Å². The molecule has 1 aromatic heterocycles. The number of fused-ring (bicyclic) bond motifs is 1. The third-order valence-corrected chi connectivity index (χ3v) is 4.36. The molecule has 0 unspecified atom stereocenters.